The lowest BCUT2D eigenvalue weighted by molar-refractivity contribution is -0.131. The van der Waals surface area contributed by atoms with Crippen molar-refractivity contribution in [3.8, 4) is 11.6 Å². The third-order valence-corrected chi connectivity index (χ3v) is 4.56. The Morgan fingerprint density at radius 1 is 1.33 bits per heavy atom. The highest BCUT2D eigenvalue weighted by Crippen LogP contribution is 2.32. The summed E-state index contributed by atoms with van der Waals surface area (Å²) in [5.41, 5.74) is 5.84. The van der Waals surface area contributed by atoms with Crippen LogP contribution in [-0.4, -0.2) is 47.0 Å². The number of hydrogen-bond acceptors (Lipinski definition) is 5. The third-order valence-electron chi connectivity index (χ3n) is 4.56. The van der Waals surface area contributed by atoms with Crippen LogP contribution in [0.1, 0.15) is 44.0 Å². The molecule has 0 aliphatic carbocycles. The van der Waals surface area contributed by atoms with E-state index in [0.717, 1.165) is 30.2 Å². The number of primary amides is 1. The molecule has 0 bridgehead atoms. The van der Waals surface area contributed by atoms with Gasteiger partial charge in [0, 0.05) is 25.1 Å². The summed E-state index contributed by atoms with van der Waals surface area (Å²) in [5, 5.41) is 1.54. The SMILES string of the molecule is CC(=O)N1CCCC(Oc2nccc3cc(C(N)=O)c(OC(C)C)cc23)C1. The maximum absolute atomic E-state index is 11.8. The second kappa shape index (κ2) is 7.82. The Balaban J connectivity index is 1.96. The zero-order valence-electron chi connectivity index (χ0n) is 15.9. The van der Waals surface area contributed by atoms with E-state index in [1.807, 2.05) is 13.8 Å². The lowest BCUT2D eigenvalue weighted by Crippen LogP contribution is -2.43. The number of ether oxygens (including phenoxy) is 2. The Labute approximate surface area is 158 Å². The number of likely N-dealkylation sites (tertiary alicyclic amines) is 1. The number of carbonyl (C=O) groups is 2. The maximum Gasteiger partial charge on any atom is 0.252 e. The van der Waals surface area contributed by atoms with Gasteiger partial charge >= 0.3 is 0 Å². The minimum atomic E-state index is -0.545. The molecule has 0 spiro atoms. The minimum Gasteiger partial charge on any atom is -0.490 e. The van der Waals surface area contributed by atoms with Crippen molar-refractivity contribution in [2.24, 2.45) is 5.73 Å². The van der Waals surface area contributed by atoms with Crippen LogP contribution in [0.5, 0.6) is 11.6 Å². The fourth-order valence-electron chi connectivity index (χ4n) is 3.29. The van der Waals surface area contributed by atoms with Crippen molar-refractivity contribution in [3.05, 3.63) is 30.0 Å². The van der Waals surface area contributed by atoms with Crippen LogP contribution in [-0.2, 0) is 4.79 Å². The van der Waals surface area contributed by atoms with E-state index in [0.29, 0.717) is 23.7 Å². The predicted molar refractivity (Wildman–Crippen MR) is 102 cm³/mol. The highest BCUT2D eigenvalue weighted by atomic mass is 16.5. The molecule has 1 aromatic carbocycles. The molecule has 1 saturated heterocycles. The summed E-state index contributed by atoms with van der Waals surface area (Å²) in [6, 6.07) is 5.26. The van der Waals surface area contributed by atoms with E-state index < -0.39 is 5.91 Å². The number of amides is 2. The first-order valence-electron chi connectivity index (χ1n) is 9.16. The quantitative estimate of drug-likeness (QED) is 0.871. The molecule has 7 nitrogen and oxygen atoms in total. The summed E-state index contributed by atoms with van der Waals surface area (Å²) in [6.07, 6.45) is 3.16. The number of aromatic nitrogens is 1. The molecular formula is C20H25N3O4. The summed E-state index contributed by atoms with van der Waals surface area (Å²) in [7, 11) is 0. The monoisotopic (exact) mass is 371 g/mol. The highest BCUT2D eigenvalue weighted by molar-refractivity contribution is 6.01. The second-order valence-corrected chi connectivity index (χ2v) is 7.06. The summed E-state index contributed by atoms with van der Waals surface area (Å²) in [6.45, 7) is 6.63. The smallest absolute Gasteiger partial charge is 0.252 e. The van der Waals surface area contributed by atoms with E-state index in [2.05, 4.69) is 4.98 Å². The number of rotatable bonds is 5. The Kier molecular flexibility index (Phi) is 5.48. The molecule has 1 fully saturated rings. The van der Waals surface area contributed by atoms with Crippen LogP contribution in [0.25, 0.3) is 10.8 Å². The van der Waals surface area contributed by atoms with Crippen LogP contribution >= 0.6 is 0 Å². The zero-order valence-corrected chi connectivity index (χ0v) is 15.9. The van der Waals surface area contributed by atoms with Gasteiger partial charge in [-0.3, -0.25) is 9.59 Å². The fraction of sp³-hybridized carbons (Fsp3) is 0.450. The molecule has 1 atom stereocenters. The number of pyridine rings is 1. The summed E-state index contributed by atoms with van der Waals surface area (Å²) < 4.78 is 11.9. The van der Waals surface area contributed by atoms with E-state index in [1.54, 1.807) is 36.2 Å². The first-order chi connectivity index (χ1) is 12.8. The molecule has 2 heterocycles. The maximum atomic E-state index is 11.8. The second-order valence-electron chi connectivity index (χ2n) is 7.06. The van der Waals surface area contributed by atoms with Crippen molar-refractivity contribution in [2.75, 3.05) is 13.1 Å². The highest BCUT2D eigenvalue weighted by Gasteiger charge is 2.24. The number of fused-ring (bicyclic) bond motifs is 1. The van der Waals surface area contributed by atoms with Gasteiger partial charge in [0.1, 0.15) is 11.9 Å². The van der Waals surface area contributed by atoms with Crippen molar-refractivity contribution in [2.45, 2.75) is 45.8 Å². The molecule has 7 heteroatoms. The number of nitrogens with zero attached hydrogens (tertiary/aromatic N) is 2. The number of benzene rings is 1. The van der Waals surface area contributed by atoms with Crippen LogP contribution in [0.4, 0.5) is 0 Å². The molecule has 0 radical (unpaired) electrons. The van der Waals surface area contributed by atoms with E-state index in [9.17, 15) is 9.59 Å². The standard InChI is InChI=1S/C20H25N3O4/c1-12(2)26-18-10-16-14(9-17(18)19(21)25)6-7-22-20(16)27-15-5-4-8-23(11-15)13(3)24/h6-7,9-10,12,15H,4-5,8,11H2,1-3H3,(H2,21,25). The number of piperidine rings is 1. The van der Waals surface area contributed by atoms with Crippen LogP contribution in [0, 0.1) is 0 Å². The normalized spacial score (nSPS) is 17.2. The topological polar surface area (TPSA) is 94.8 Å². The average Bonchev–Trinajstić information content (AvgIpc) is 2.61. The van der Waals surface area contributed by atoms with Crippen LogP contribution < -0.4 is 15.2 Å². The molecule has 144 valence electrons. The summed E-state index contributed by atoms with van der Waals surface area (Å²) >= 11 is 0. The van der Waals surface area contributed by atoms with E-state index in [-0.39, 0.29) is 18.1 Å². The van der Waals surface area contributed by atoms with Crippen molar-refractivity contribution >= 4 is 22.6 Å². The Hall–Kier alpha value is -2.83. The molecule has 2 amide bonds. The van der Waals surface area contributed by atoms with Crippen LogP contribution in [0.15, 0.2) is 24.4 Å². The number of hydrogen-bond donors (Lipinski definition) is 1. The molecule has 1 unspecified atom stereocenters. The van der Waals surface area contributed by atoms with Gasteiger partial charge in [-0.25, -0.2) is 4.98 Å². The molecule has 1 aliphatic rings. The lowest BCUT2D eigenvalue weighted by atomic mass is 10.1. The minimum absolute atomic E-state index is 0.0490. The third kappa shape index (κ3) is 4.30. The van der Waals surface area contributed by atoms with Gasteiger partial charge in [-0.05, 0) is 50.3 Å². The molecule has 3 rings (SSSR count). The molecule has 2 N–H and O–H groups in total. The van der Waals surface area contributed by atoms with Gasteiger partial charge in [-0.2, -0.15) is 0 Å². The zero-order chi connectivity index (χ0) is 19.6. The number of carbonyl (C=O) groups excluding carboxylic acids is 2. The molecule has 1 aromatic heterocycles. The molecule has 0 saturated carbocycles. The van der Waals surface area contributed by atoms with Gasteiger partial charge in [0.2, 0.25) is 11.8 Å². The molecule has 2 aromatic rings. The van der Waals surface area contributed by atoms with Gasteiger partial charge in [0.25, 0.3) is 5.91 Å². The van der Waals surface area contributed by atoms with Gasteiger partial charge < -0.3 is 20.1 Å². The molecule has 27 heavy (non-hydrogen) atoms. The number of nitrogens with two attached hydrogens (primary N) is 1. The van der Waals surface area contributed by atoms with Crippen LogP contribution in [0.2, 0.25) is 0 Å². The Morgan fingerprint density at radius 3 is 2.78 bits per heavy atom. The van der Waals surface area contributed by atoms with Crippen LogP contribution in [0.3, 0.4) is 0 Å². The van der Waals surface area contributed by atoms with Gasteiger partial charge in [-0.1, -0.05) is 0 Å². The van der Waals surface area contributed by atoms with E-state index >= 15 is 0 Å². The Morgan fingerprint density at radius 2 is 2.11 bits per heavy atom. The van der Waals surface area contributed by atoms with Crippen molar-refractivity contribution in [3.63, 3.8) is 0 Å². The van der Waals surface area contributed by atoms with E-state index in [4.69, 9.17) is 15.2 Å². The first kappa shape index (κ1) is 18.9. The predicted octanol–water partition coefficient (Wildman–Crippen LogP) is 2.51. The van der Waals surface area contributed by atoms with Gasteiger partial charge in [0.05, 0.1) is 18.2 Å². The van der Waals surface area contributed by atoms with Crippen molar-refractivity contribution in [1.82, 2.24) is 9.88 Å². The van der Waals surface area contributed by atoms with Gasteiger partial charge in [-0.15, -0.1) is 0 Å². The molecular weight excluding hydrogens is 346 g/mol. The molecule has 1 aliphatic heterocycles. The fourth-order valence-corrected chi connectivity index (χ4v) is 3.29. The van der Waals surface area contributed by atoms with E-state index in [1.165, 1.54) is 0 Å². The van der Waals surface area contributed by atoms with Gasteiger partial charge in [0.15, 0.2) is 0 Å². The summed E-state index contributed by atoms with van der Waals surface area (Å²) in [4.78, 5) is 29.6. The van der Waals surface area contributed by atoms with Crippen molar-refractivity contribution in [1.29, 1.82) is 0 Å². The largest absolute Gasteiger partial charge is 0.490 e. The van der Waals surface area contributed by atoms with Crippen molar-refractivity contribution < 1.29 is 19.1 Å². The average molecular weight is 371 g/mol. The summed E-state index contributed by atoms with van der Waals surface area (Å²) in [5.74, 6) is 0.383. The Bertz CT molecular complexity index is 866. The first-order valence-corrected chi connectivity index (χ1v) is 9.16. The lowest BCUT2D eigenvalue weighted by Gasteiger charge is -2.32.